The van der Waals surface area contributed by atoms with Crippen LogP contribution in [0.25, 0.3) is 0 Å². The minimum Gasteiger partial charge on any atom is -0.484 e. The van der Waals surface area contributed by atoms with Crippen molar-refractivity contribution in [3.8, 4) is 5.75 Å². The van der Waals surface area contributed by atoms with Crippen molar-refractivity contribution in [2.45, 2.75) is 13.3 Å². The monoisotopic (exact) mass is 265 g/mol. The third-order valence-corrected chi connectivity index (χ3v) is 2.21. The molecule has 0 fully saturated rings. The first-order chi connectivity index (χ1) is 9.11. The Hall–Kier alpha value is -2.08. The van der Waals surface area contributed by atoms with Gasteiger partial charge in [0.15, 0.2) is 6.61 Å². The number of hydrogen-bond donors (Lipinski definition) is 3. The molecule has 6 nitrogen and oxygen atoms in total. The molecule has 104 valence electrons. The fraction of sp³-hybridized carbons (Fsp3) is 0.385. The molecule has 0 aromatic heterocycles. The van der Waals surface area contributed by atoms with Gasteiger partial charge in [0.2, 0.25) is 5.91 Å². The summed E-state index contributed by atoms with van der Waals surface area (Å²) in [6.45, 7) is 2.91. The summed E-state index contributed by atoms with van der Waals surface area (Å²) in [5, 5.41) is 5.74. The predicted octanol–water partition coefficient (Wildman–Crippen LogP) is 0.489. The number of anilines is 1. The van der Waals surface area contributed by atoms with Crippen molar-refractivity contribution in [1.82, 2.24) is 5.32 Å². The summed E-state index contributed by atoms with van der Waals surface area (Å²) < 4.78 is 5.15. The average molecular weight is 265 g/mol. The van der Waals surface area contributed by atoms with Gasteiger partial charge in [-0.2, -0.15) is 0 Å². The zero-order valence-electron chi connectivity index (χ0n) is 10.9. The molecular formula is C13H19N3O3. The number of primary amides is 1. The van der Waals surface area contributed by atoms with Crippen LogP contribution in [0.15, 0.2) is 24.3 Å². The molecule has 19 heavy (non-hydrogen) atoms. The molecule has 0 saturated carbocycles. The van der Waals surface area contributed by atoms with Crippen LogP contribution in [0.3, 0.4) is 0 Å². The van der Waals surface area contributed by atoms with E-state index in [1.54, 1.807) is 24.3 Å². The maximum atomic E-state index is 11.6. The first-order valence-electron chi connectivity index (χ1n) is 6.13. The first kappa shape index (κ1) is 15.0. The molecule has 0 heterocycles. The molecule has 0 radical (unpaired) electrons. The fourth-order valence-corrected chi connectivity index (χ4v) is 1.40. The van der Waals surface area contributed by atoms with Crippen molar-refractivity contribution in [2.75, 3.05) is 25.0 Å². The van der Waals surface area contributed by atoms with E-state index in [0.29, 0.717) is 11.4 Å². The SMILES string of the molecule is CCCNCC(=O)Nc1cccc(OCC(N)=O)c1. The van der Waals surface area contributed by atoms with Crippen LogP contribution in [0, 0.1) is 0 Å². The van der Waals surface area contributed by atoms with E-state index < -0.39 is 5.91 Å². The summed E-state index contributed by atoms with van der Waals surface area (Å²) in [6.07, 6.45) is 0.976. The maximum Gasteiger partial charge on any atom is 0.255 e. The molecule has 4 N–H and O–H groups in total. The van der Waals surface area contributed by atoms with Crippen molar-refractivity contribution in [3.63, 3.8) is 0 Å². The predicted molar refractivity (Wildman–Crippen MR) is 72.9 cm³/mol. The third kappa shape index (κ3) is 6.42. The number of benzene rings is 1. The second-order valence-corrected chi connectivity index (χ2v) is 4.01. The van der Waals surface area contributed by atoms with E-state index in [4.69, 9.17) is 10.5 Å². The maximum absolute atomic E-state index is 11.6. The van der Waals surface area contributed by atoms with Crippen LogP contribution in [0.5, 0.6) is 5.75 Å². The Bertz CT molecular complexity index is 435. The third-order valence-electron chi connectivity index (χ3n) is 2.21. The topological polar surface area (TPSA) is 93.4 Å². The summed E-state index contributed by atoms with van der Waals surface area (Å²) in [5.41, 5.74) is 5.60. The Morgan fingerprint density at radius 2 is 2.16 bits per heavy atom. The van der Waals surface area contributed by atoms with Crippen molar-refractivity contribution in [3.05, 3.63) is 24.3 Å². The van der Waals surface area contributed by atoms with Gasteiger partial charge in [-0.05, 0) is 25.1 Å². The van der Waals surface area contributed by atoms with E-state index in [0.717, 1.165) is 13.0 Å². The molecule has 0 saturated heterocycles. The standard InChI is InChI=1S/C13H19N3O3/c1-2-6-15-8-13(18)16-10-4-3-5-11(7-10)19-9-12(14)17/h3-5,7,15H,2,6,8-9H2,1H3,(H2,14,17)(H,16,18). The first-order valence-corrected chi connectivity index (χ1v) is 6.13. The van der Waals surface area contributed by atoms with Gasteiger partial charge in [-0.1, -0.05) is 13.0 Å². The molecule has 0 spiro atoms. The van der Waals surface area contributed by atoms with Crippen LogP contribution in [0.4, 0.5) is 5.69 Å². The lowest BCUT2D eigenvalue weighted by atomic mass is 10.3. The Balaban J connectivity index is 2.47. The van der Waals surface area contributed by atoms with Crippen molar-refractivity contribution in [2.24, 2.45) is 5.73 Å². The highest BCUT2D eigenvalue weighted by molar-refractivity contribution is 5.92. The molecule has 0 unspecified atom stereocenters. The lowest BCUT2D eigenvalue weighted by Crippen LogP contribution is -2.28. The number of hydrogen-bond acceptors (Lipinski definition) is 4. The van der Waals surface area contributed by atoms with Gasteiger partial charge in [0, 0.05) is 11.8 Å². The summed E-state index contributed by atoms with van der Waals surface area (Å²) in [5.74, 6) is -0.183. The zero-order valence-corrected chi connectivity index (χ0v) is 10.9. The van der Waals surface area contributed by atoms with Gasteiger partial charge in [0.25, 0.3) is 5.91 Å². The highest BCUT2D eigenvalue weighted by atomic mass is 16.5. The number of amides is 2. The minimum atomic E-state index is -0.543. The number of rotatable bonds is 8. The van der Waals surface area contributed by atoms with E-state index in [2.05, 4.69) is 10.6 Å². The van der Waals surface area contributed by atoms with Crippen LogP contribution in [-0.4, -0.2) is 31.5 Å². The quantitative estimate of drug-likeness (QED) is 0.596. The molecule has 6 heteroatoms. The van der Waals surface area contributed by atoms with Crippen LogP contribution < -0.4 is 21.1 Å². The summed E-state index contributed by atoms with van der Waals surface area (Å²) >= 11 is 0. The van der Waals surface area contributed by atoms with Crippen molar-refractivity contribution in [1.29, 1.82) is 0 Å². The van der Waals surface area contributed by atoms with Gasteiger partial charge < -0.3 is 21.1 Å². The van der Waals surface area contributed by atoms with Crippen molar-refractivity contribution < 1.29 is 14.3 Å². The average Bonchev–Trinajstić information content (AvgIpc) is 2.37. The Morgan fingerprint density at radius 1 is 1.37 bits per heavy atom. The lowest BCUT2D eigenvalue weighted by molar-refractivity contribution is -0.120. The van der Waals surface area contributed by atoms with Gasteiger partial charge >= 0.3 is 0 Å². The molecule has 2 amide bonds. The lowest BCUT2D eigenvalue weighted by Gasteiger charge is -2.08. The number of ether oxygens (including phenoxy) is 1. The fourth-order valence-electron chi connectivity index (χ4n) is 1.40. The number of carbonyl (C=O) groups excluding carboxylic acids is 2. The molecule has 1 rings (SSSR count). The highest BCUT2D eigenvalue weighted by Crippen LogP contribution is 2.16. The minimum absolute atomic E-state index is 0.125. The van der Waals surface area contributed by atoms with Crippen LogP contribution in [-0.2, 0) is 9.59 Å². The normalized spacial score (nSPS) is 9.95. The smallest absolute Gasteiger partial charge is 0.255 e. The number of carbonyl (C=O) groups is 2. The summed E-state index contributed by atoms with van der Waals surface area (Å²) in [6, 6.07) is 6.80. The molecule has 0 aliphatic rings. The molecule has 1 aromatic rings. The summed E-state index contributed by atoms with van der Waals surface area (Å²) in [4.78, 5) is 22.2. The van der Waals surface area contributed by atoms with Gasteiger partial charge in [0.05, 0.1) is 6.54 Å². The van der Waals surface area contributed by atoms with Crippen LogP contribution >= 0.6 is 0 Å². The molecule has 0 bridgehead atoms. The molecular weight excluding hydrogens is 246 g/mol. The van der Waals surface area contributed by atoms with Crippen molar-refractivity contribution >= 4 is 17.5 Å². The largest absolute Gasteiger partial charge is 0.484 e. The van der Waals surface area contributed by atoms with Gasteiger partial charge in [-0.3, -0.25) is 9.59 Å². The van der Waals surface area contributed by atoms with Crippen LogP contribution in [0.2, 0.25) is 0 Å². The molecule has 0 aliphatic heterocycles. The van der Waals surface area contributed by atoms with E-state index in [-0.39, 0.29) is 19.1 Å². The zero-order chi connectivity index (χ0) is 14.1. The molecule has 1 aromatic carbocycles. The Kier molecular flexibility index (Phi) is 6.38. The van der Waals surface area contributed by atoms with Crippen LogP contribution in [0.1, 0.15) is 13.3 Å². The Morgan fingerprint density at radius 3 is 2.84 bits per heavy atom. The molecule has 0 aliphatic carbocycles. The van der Waals surface area contributed by atoms with E-state index in [9.17, 15) is 9.59 Å². The number of nitrogens with two attached hydrogens (primary N) is 1. The van der Waals surface area contributed by atoms with Gasteiger partial charge in [-0.25, -0.2) is 0 Å². The number of nitrogens with one attached hydrogen (secondary N) is 2. The van der Waals surface area contributed by atoms with E-state index >= 15 is 0 Å². The second-order valence-electron chi connectivity index (χ2n) is 4.01. The molecule has 0 atom stereocenters. The second kappa shape index (κ2) is 8.10. The van der Waals surface area contributed by atoms with E-state index in [1.165, 1.54) is 0 Å². The highest BCUT2D eigenvalue weighted by Gasteiger charge is 2.03. The van der Waals surface area contributed by atoms with Gasteiger partial charge in [0.1, 0.15) is 5.75 Å². The van der Waals surface area contributed by atoms with E-state index in [1.807, 2.05) is 6.92 Å². The van der Waals surface area contributed by atoms with Gasteiger partial charge in [-0.15, -0.1) is 0 Å². The summed E-state index contributed by atoms with van der Waals surface area (Å²) in [7, 11) is 0. The Labute approximate surface area is 112 Å².